The lowest BCUT2D eigenvalue weighted by Crippen LogP contribution is -2.36. The molecule has 1 fully saturated rings. The molecule has 1 rings (SSSR count). The first-order valence-corrected chi connectivity index (χ1v) is 5.59. The van der Waals surface area contributed by atoms with E-state index in [-0.39, 0.29) is 5.91 Å². The lowest BCUT2D eigenvalue weighted by atomic mass is 9.98. The van der Waals surface area contributed by atoms with E-state index in [0.717, 1.165) is 25.8 Å². The lowest BCUT2D eigenvalue weighted by Gasteiger charge is -2.22. The highest BCUT2D eigenvalue weighted by Gasteiger charge is 2.21. The number of nitrogens with zero attached hydrogens (tertiary/aromatic N) is 1. The average Bonchev–Trinajstić information content (AvgIpc) is 2.30. The fraction of sp³-hybridized carbons (Fsp3) is 0.909. The summed E-state index contributed by atoms with van der Waals surface area (Å²) in [6.45, 7) is 5.23. The van der Waals surface area contributed by atoms with Crippen molar-refractivity contribution in [3.63, 3.8) is 0 Å². The Bertz CT molecular complexity index is 192. The molecule has 0 bridgehead atoms. The van der Waals surface area contributed by atoms with Crippen LogP contribution in [-0.2, 0) is 4.79 Å². The Balaban J connectivity index is 2.47. The van der Waals surface area contributed by atoms with E-state index in [2.05, 4.69) is 6.92 Å². The molecule has 1 aliphatic heterocycles. The minimum absolute atomic E-state index is 0.210. The van der Waals surface area contributed by atoms with Gasteiger partial charge in [-0.3, -0.25) is 4.79 Å². The van der Waals surface area contributed by atoms with Crippen LogP contribution in [0.2, 0.25) is 0 Å². The van der Waals surface area contributed by atoms with Crippen LogP contribution in [0, 0.1) is 5.92 Å². The molecule has 0 aromatic carbocycles. The van der Waals surface area contributed by atoms with Gasteiger partial charge in [0.1, 0.15) is 0 Å². The number of hydrogen-bond acceptors (Lipinski definition) is 2. The van der Waals surface area contributed by atoms with E-state index in [0.29, 0.717) is 18.9 Å². The van der Waals surface area contributed by atoms with Crippen molar-refractivity contribution in [3.05, 3.63) is 0 Å². The summed E-state index contributed by atoms with van der Waals surface area (Å²) in [5, 5.41) is 9.24. The first-order chi connectivity index (χ1) is 6.63. The van der Waals surface area contributed by atoms with Gasteiger partial charge in [-0.25, -0.2) is 0 Å². The van der Waals surface area contributed by atoms with Gasteiger partial charge in [0.2, 0.25) is 5.91 Å². The predicted molar refractivity (Wildman–Crippen MR) is 55.9 cm³/mol. The maximum absolute atomic E-state index is 11.6. The van der Waals surface area contributed by atoms with Crippen LogP contribution in [0.25, 0.3) is 0 Å². The molecule has 0 aliphatic carbocycles. The molecule has 3 heteroatoms. The standard InChI is InChI=1S/C11H21NO2/c1-3-10-4-5-11(14)12(7-6-10)8-9(2)13/h9-10,13H,3-8H2,1-2H3. The second kappa shape index (κ2) is 5.35. The van der Waals surface area contributed by atoms with E-state index in [1.807, 2.05) is 0 Å². The van der Waals surface area contributed by atoms with Gasteiger partial charge in [0, 0.05) is 19.5 Å². The number of carbonyl (C=O) groups is 1. The number of hydrogen-bond donors (Lipinski definition) is 1. The molecule has 1 saturated heterocycles. The van der Waals surface area contributed by atoms with Crippen LogP contribution < -0.4 is 0 Å². The molecule has 3 nitrogen and oxygen atoms in total. The van der Waals surface area contributed by atoms with Gasteiger partial charge in [-0.15, -0.1) is 0 Å². The summed E-state index contributed by atoms with van der Waals surface area (Å²) in [6.07, 6.45) is 3.53. The maximum Gasteiger partial charge on any atom is 0.222 e. The van der Waals surface area contributed by atoms with Gasteiger partial charge in [0.05, 0.1) is 6.10 Å². The van der Waals surface area contributed by atoms with Gasteiger partial charge in [-0.2, -0.15) is 0 Å². The monoisotopic (exact) mass is 199 g/mol. The second-order valence-electron chi connectivity index (χ2n) is 4.29. The third-order valence-corrected chi connectivity index (χ3v) is 2.99. The Morgan fingerprint density at radius 3 is 2.86 bits per heavy atom. The van der Waals surface area contributed by atoms with Crippen molar-refractivity contribution in [2.75, 3.05) is 13.1 Å². The van der Waals surface area contributed by atoms with E-state index in [1.165, 1.54) is 0 Å². The topological polar surface area (TPSA) is 40.5 Å². The Hall–Kier alpha value is -0.570. The van der Waals surface area contributed by atoms with Crippen LogP contribution in [0.5, 0.6) is 0 Å². The molecule has 1 amide bonds. The van der Waals surface area contributed by atoms with Crippen LogP contribution in [0.4, 0.5) is 0 Å². The molecule has 0 aromatic heterocycles. The van der Waals surface area contributed by atoms with Crippen molar-refractivity contribution in [2.45, 2.75) is 45.6 Å². The van der Waals surface area contributed by atoms with Crippen LogP contribution >= 0.6 is 0 Å². The van der Waals surface area contributed by atoms with Crippen molar-refractivity contribution < 1.29 is 9.90 Å². The molecule has 0 saturated carbocycles. The molecule has 2 unspecified atom stereocenters. The third kappa shape index (κ3) is 3.29. The van der Waals surface area contributed by atoms with E-state index in [9.17, 15) is 9.90 Å². The van der Waals surface area contributed by atoms with Crippen molar-refractivity contribution in [1.82, 2.24) is 4.90 Å². The molecule has 1 heterocycles. The normalized spacial score (nSPS) is 26.1. The van der Waals surface area contributed by atoms with E-state index in [4.69, 9.17) is 0 Å². The average molecular weight is 199 g/mol. The number of amides is 1. The first-order valence-electron chi connectivity index (χ1n) is 5.59. The van der Waals surface area contributed by atoms with Crippen LogP contribution in [-0.4, -0.2) is 35.1 Å². The SMILES string of the molecule is CCC1CCC(=O)N(CC(C)O)CC1. The van der Waals surface area contributed by atoms with Gasteiger partial charge in [-0.1, -0.05) is 13.3 Å². The predicted octanol–water partition coefficient (Wildman–Crippen LogP) is 1.41. The molecule has 0 radical (unpaired) electrons. The maximum atomic E-state index is 11.6. The molecule has 2 atom stereocenters. The molecular weight excluding hydrogens is 178 g/mol. The van der Waals surface area contributed by atoms with E-state index >= 15 is 0 Å². The summed E-state index contributed by atoms with van der Waals surface area (Å²) in [6, 6.07) is 0. The number of carbonyl (C=O) groups excluding carboxylic acids is 1. The summed E-state index contributed by atoms with van der Waals surface area (Å²) in [4.78, 5) is 13.4. The van der Waals surface area contributed by atoms with Gasteiger partial charge in [0.15, 0.2) is 0 Å². The Morgan fingerprint density at radius 2 is 2.29 bits per heavy atom. The molecule has 82 valence electrons. The summed E-state index contributed by atoms with van der Waals surface area (Å²) in [5.41, 5.74) is 0. The van der Waals surface area contributed by atoms with Gasteiger partial charge < -0.3 is 10.0 Å². The zero-order valence-electron chi connectivity index (χ0n) is 9.20. The number of rotatable bonds is 3. The fourth-order valence-corrected chi connectivity index (χ4v) is 2.01. The molecular formula is C11H21NO2. The largest absolute Gasteiger partial charge is 0.392 e. The minimum Gasteiger partial charge on any atom is -0.392 e. The van der Waals surface area contributed by atoms with Crippen molar-refractivity contribution in [1.29, 1.82) is 0 Å². The van der Waals surface area contributed by atoms with E-state index in [1.54, 1.807) is 11.8 Å². The summed E-state index contributed by atoms with van der Waals surface area (Å²) >= 11 is 0. The molecule has 14 heavy (non-hydrogen) atoms. The van der Waals surface area contributed by atoms with Crippen LogP contribution in [0.15, 0.2) is 0 Å². The molecule has 0 spiro atoms. The van der Waals surface area contributed by atoms with E-state index < -0.39 is 6.10 Å². The van der Waals surface area contributed by atoms with Crippen LogP contribution in [0.3, 0.4) is 0 Å². The van der Waals surface area contributed by atoms with Gasteiger partial charge >= 0.3 is 0 Å². The van der Waals surface area contributed by atoms with Crippen molar-refractivity contribution in [2.24, 2.45) is 5.92 Å². The first kappa shape index (κ1) is 11.5. The third-order valence-electron chi connectivity index (χ3n) is 2.99. The molecule has 1 N–H and O–H groups in total. The quantitative estimate of drug-likeness (QED) is 0.746. The highest BCUT2D eigenvalue weighted by Crippen LogP contribution is 2.20. The summed E-state index contributed by atoms with van der Waals surface area (Å²) < 4.78 is 0. The Labute approximate surface area is 86.1 Å². The van der Waals surface area contributed by atoms with Crippen molar-refractivity contribution >= 4 is 5.91 Å². The zero-order chi connectivity index (χ0) is 10.6. The smallest absolute Gasteiger partial charge is 0.222 e. The molecule has 0 aromatic rings. The summed E-state index contributed by atoms with van der Waals surface area (Å²) in [5.74, 6) is 0.903. The second-order valence-corrected chi connectivity index (χ2v) is 4.29. The van der Waals surface area contributed by atoms with Crippen molar-refractivity contribution in [3.8, 4) is 0 Å². The summed E-state index contributed by atoms with van der Waals surface area (Å²) in [7, 11) is 0. The lowest BCUT2D eigenvalue weighted by molar-refractivity contribution is -0.131. The van der Waals surface area contributed by atoms with Gasteiger partial charge in [-0.05, 0) is 25.7 Å². The zero-order valence-corrected chi connectivity index (χ0v) is 9.20. The van der Waals surface area contributed by atoms with Gasteiger partial charge in [0.25, 0.3) is 0 Å². The number of aliphatic hydroxyl groups excluding tert-OH is 1. The molecule has 1 aliphatic rings. The number of β-amino-alcohol motifs (C(OH)–C–C–N with tert-alkyl or cyclic N) is 1. The highest BCUT2D eigenvalue weighted by molar-refractivity contribution is 5.76. The Kier molecular flexibility index (Phi) is 4.39. The number of aliphatic hydroxyl groups is 1. The number of likely N-dealkylation sites (tertiary alicyclic amines) is 1. The minimum atomic E-state index is -0.405. The highest BCUT2D eigenvalue weighted by atomic mass is 16.3. The van der Waals surface area contributed by atoms with Crippen LogP contribution in [0.1, 0.15) is 39.5 Å². The Morgan fingerprint density at radius 1 is 1.57 bits per heavy atom. The fourth-order valence-electron chi connectivity index (χ4n) is 2.01.